The molecule has 0 aliphatic carbocycles. The van der Waals surface area contributed by atoms with Crippen LogP contribution in [0.3, 0.4) is 0 Å². The highest BCUT2D eigenvalue weighted by molar-refractivity contribution is 7.89. The molecule has 21 heavy (non-hydrogen) atoms. The Hall–Kier alpha value is -1.11. The van der Waals surface area contributed by atoms with Crippen molar-refractivity contribution in [1.29, 1.82) is 0 Å². The van der Waals surface area contributed by atoms with Crippen LogP contribution in [-0.4, -0.2) is 33.7 Å². The summed E-state index contributed by atoms with van der Waals surface area (Å²) in [6, 6.07) is 5.94. The van der Waals surface area contributed by atoms with Gasteiger partial charge in [-0.25, -0.2) is 13.1 Å². The second-order valence-electron chi connectivity index (χ2n) is 6.06. The van der Waals surface area contributed by atoms with Crippen LogP contribution in [0.15, 0.2) is 23.1 Å². The van der Waals surface area contributed by atoms with Crippen LogP contribution in [0.25, 0.3) is 0 Å². The Bertz CT molecular complexity index is 618. The van der Waals surface area contributed by atoms with Crippen molar-refractivity contribution in [3.05, 3.63) is 23.8 Å². The van der Waals surface area contributed by atoms with Gasteiger partial charge >= 0.3 is 0 Å². The quantitative estimate of drug-likeness (QED) is 0.886. The largest absolute Gasteiger partial charge is 0.496 e. The van der Waals surface area contributed by atoms with Gasteiger partial charge in [0.2, 0.25) is 10.0 Å². The van der Waals surface area contributed by atoms with E-state index in [0.717, 1.165) is 31.2 Å². The van der Waals surface area contributed by atoms with Gasteiger partial charge in [0, 0.05) is 18.1 Å². The Morgan fingerprint density at radius 1 is 1.24 bits per heavy atom. The number of hydrogen-bond acceptors (Lipinski definition) is 4. The maximum Gasteiger partial charge on any atom is 0.240 e. The van der Waals surface area contributed by atoms with E-state index in [1.807, 2.05) is 6.92 Å². The molecule has 1 aromatic rings. The molecule has 2 N–H and O–H groups in total. The molecule has 5 nitrogen and oxygen atoms in total. The summed E-state index contributed by atoms with van der Waals surface area (Å²) in [4.78, 5) is 0.312. The summed E-state index contributed by atoms with van der Waals surface area (Å²) < 4.78 is 33.1. The van der Waals surface area contributed by atoms with Crippen LogP contribution in [0, 0.1) is 6.92 Å². The Kier molecular flexibility index (Phi) is 3.94. The van der Waals surface area contributed by atoms with Gasteiger partial charge in [0.1, 0.15) is 5.75 Å². The number of sulfonamides is 1. The standard InChI is InChI=1S/C15H22N2O3S/c1-10-7-14(5-6-15(10)20-2)21(18,19)17-13-8-11-3-4-12(9-13)16-11/h5-7,11-13,16-17H,3-4,8-9H2,1-2H3. The lowest BCUT2D eigenvalue weighted by Gasteiger charge is -2.29. The highest BCUT2D eigenvalue weighted by Crippen LogP contribution is 2.28. The second-order valence-corrected chi connectivity index (χ2v) is 7.77. The molecule has 0 aromatic heterocycles. The van der Waals surface area contributed by atoms with Gasteiger partial charge in [-0.3, -0.25) is 0 Å². The van der Waals surface area contributed by atoms with Gasteiger partial charge in [-0.05, 0) is 56.4 Å². The van der Waals surface area contributed by atoms with Gasteiger partial charge < -0.3 is 10.1 Å². The van der Waals surface area contributed by atoms with Crippen molar-refractivity contribution in [3.8, 4) is 5.75 Å². The van der Waals surface area contributed by atoms with Crippen molar-refractivity contribution in [3.63, 3.8) is 0 Å². The fourth-order valence-corrected chi connectivity index (χ4v) is 4.81. The molecule has 2 fully saturated rings. The maximum atomic E-state index is 12.5. The highest BCUT2D eigenvalue weighted by Gasteiger charge is 2.35. The molecule has 0 saturated carbocycles. The zero-order chi connectivity index (χ0) is 15.0. The first kappa shape index (κ1) is 14.8. The van der Waals surface area contributed by atoms with Gasteiger partial charge in [-0.15, -0.1) is 0 Å². The van der Waals surface area contributed by atoms with Crippen molar-refractivity contribution in [1.82, 2.24) is 10.0 Å². The molecular weight excluding hydrogens is 288 g/mol. The van der Waals surface area contributed by atoms with Crippen molar-refractivity contribution in [2.24, 2.45) is 0 Å². The summed E-state index contributed by atoms with van der Waals surface area (Å²) in [7, 11) is -1.88. The van der Waals surface area contributed by atoms with Crippen LogP contribution >= 0.6 is 0 Å². The second kappa shape index (κ2) is 5.59. The minimum atomic E-state index is -3.46. The third-order valence-corrected chi connectivity index (χ3v) is 5.99. The zero-order valence-corrected chi connectivity index (χ0v) is 13.2. The Morgan fingerprint density at radius 2 is 1.90 bits per heavy atom. The molecule has 2 unspecified atom stereocenters. The van der Waals surface area contributed by atoms with Crippen molar-refractivity contribution in [2.75, 3.05) is 7.11 Å². The van der Waals surface area contributed by atoms with Crippen LogP contribution in [0.2, 0.25) is 0 Å². The van der Waals surface area contributed by atoms with Crippen molar-refractivity contribution < 1.29 is 13.2 Å². The first-order chi connectivity index (χ1) is 9.98. The van der Waals surface area contributed by atoms with E-state index in [4.69, 9.17) is 4.74 Å². The van der Waals surface area contributed by atoms with E-state index >= 15 is 0 Å². The number of fused-ring (bicyclic) bond motifs is 2. The number of methoxy groups -OCH3 is 1. The summed E-state index contributed by atoms with van der Waals surface area (Å²) in [5.41, 5.74) is 0.825. The molecule has 2 saturated heterocycles. The van der Waals surface area contributed by atoms with Gasteiger partial charge in [0.15, 0.2) is 0 Å². The van der Waals surface area contributed by atoms with E-state index in [9.17, 15) is 8.42 Å². The van der Waals surface area contributed by atoms with Crippen LogP contribution in [-0.2, 0) is 10.0 Å². The summed E-state index contributed by atoms with van der Waals surface area (Å²) in [6.45, 7) is 1.85. The number of hydrogen-bond donors (Lipinski definition) is 2. The van der Waals surface area contributed by atoms with Crippen molar-refractivity contribution >= 4 is 10.0 Å². The molecule has 116 valence electrons. The first-order valence-electron chi connectivity index (χ1n) is 7.41. The van der Waals surface area contributed by atoms with Gasteiger partial charge in [0.25, 0.3) is 0 Å². The number of rotatable bonds is 4. The molecule has 2 heterocycles. The lowest BCUT2D eigenvalue weighted by molar-refractivity contribution is 0.345. The SMILES string of the molecule is COc1ccc(S(=O)(=O)NC2CC3CCC(C2)N3)cc1C. The molecule has 0 spiro atoms. The Labute approximate surface area is 126 Å². The minimum Gasteiger partial charge on any atom is -0.496 e. The molecule has 0 radical (unpaired) electrons. The smallest absolute Gasteiger partial charge is 0.240 e. The molecule has 2 atom stereocenters. The summed E-state index contributed by atoms with van der Waals surface area (Å²) in [5.74, 6) is 0.703. The van der Waals surface area contributed by atoms with E-state index in [1.54, 1.807) is 25.3 Å². The third kappa shape index (κ3) is 3.07. The Balaban J connectivity index is 1.76. The van der Waals surface area contributed by atoms with Crippen LogP contribution in [0.1, 0.15) is 31.2 Å². The van der Waals surface area contributed by atoms with E-state index in [0.29, 0.717) is 22.7 Å². The zero-order valence-electron chi connectivity index (χ0n) is 12.4. The number of aryl methyl sites for hydroxylation is 1. The predicted octanol–water partition coefficient (Wildman–Crippen LogP) is 1.56. The monoisotopic (exact) mass is 310 g/mol. The molecule has 2 aliphatic heterocycles. The average Bonchev–Trinajstić information content (AvgIpc) is 2.77. The molecule has 2 aliphatic rings. The minimum absolute atomic E-state index is 0.0381. The number of ether oxygens (including phenoxy) is 1. The van der Waals surface area contributed by atoms with Crippen molar-refractivity contribution in [2.45, 2.75) is 55.6 Å². The summed E-state index contributed by atoms with van der Waals surface area (Å²) in [6.07, 6.45) is 4.07. The third-order valence-electron chi connectivity index (χ3n) is 4.47. The summed E-state index contributed by atoms with van der Waals surface area (Å²) in [5, 5.41) is 3.52. The van der Waals surface area contributed by atoms with E-state index < -0.39 is 10.0 Å². The lowest BCUT2D eigenvalue weighted by atomic mass is 10.0. The topological polar surface area (TPSA) is 67.4 Å². The molecule has 1 aromatic carbocycles. The fraction of sp³-hybridized carbons (Fsp3) is 0.600. The average molecular weight is 310 g/mol. The molecule has 2 bridgehead atoms. The predicted molar refractivity (Wildman–Crippen MR) is 81.0 cm³/mol. The van der Waals surface area contributed by atoms with Crippen LogP contribution in [0.5, 0.6) is 5.75 Å². The molecule has 3 rings (SSSR count). The van der Waals surface area contributed by atoms with Crippen LogP contribution < -0.4 is 14.8 Å². The number of piperidine rings is 1. The van der Waals surface area contributed by atoms with E-state index in [1.165, 1.54) is 0 Å². The van der Waals surface area contributed by atoms with E-state index in [-0.39, 0.29) is 6.04 Å². The molecule has 6 heteroatoms. The Morgan fingerprint density at radius 3 is 2.48 bits per heavy atom. The number of benzene rings is 1. The normalized spacial score (nSPS) is 28.6. The number of nitrogens with one attached hydrogen (secondary N) is 2. The lowest BCUT2D eigenvalue weighted by Crippen LogP contribution is -2.47. The van der Waals surface area contributed by atoms with Crippen LogP contribution in [0.4, 0.5) is 0 Å². The van der Waals surface area contributed by atoms with Gasteiger partial charge in [-0.1, -0.05) is 0 Å². The maximum absolute atomic E-state index is 12.5. The van der Waals surface area contributed by atoms with E-state index in [2.05, 4.69) is 10.0 Å². The van der Waals surface area contributed by atoms with Gasteiger partial charge in [-0.2, -0.15) is 0 Å². The highest BCUT2D eigenvalue weighted by atomic mass is 32.2. The fourth-order valence-electron chi connectivity index (χ4n) is 3.46. The van der Waals surface area contributed by atoms with Gasteiger partial charge in [0.05, 0.1) is 12.0 Å². The summed E-state index contributed by atoms with van der Waals surface area (Å²) >= 11 is 0. The molecular formula is C15H22N2O3S. The first-order valence-corrected chi connectivity index (χ1v) is 8.89. The molecule has 0 amide bonds.